The van der Waals surface area contributed by atoms with Crippen molar-refractivity contribution in [2.45, 2.75) is 19.3 Å². The second kappa shape index (κ2) is 5.58. The standard InChI is InChI=1S/C10H20N2O4/c1-10(6-16-5-7(10)11)9(13)12-4-8(14-2)15-3/h7-8H,4-6,11H2,1-3H3,(H,12,13). The highest BCUT2D eigenvalue weighted by Gasteiger charge is 2.44. The topological polar surface area (TPSA) is 82.8 Å². The van der Waals surface area contributed by atoms with E-state index >= 15 is 0 Å². The molecule has 0 bridgehead atoms. The highest BCUT2D eigenvalue weighted by Crippen LogP contribution is 2.26. The number of methoxy groups -OCH3 is 2. The van der Waals surface area contributed by atoms with Crippen LogP contribution in [0.4, 0.5) is 0 Å². The number of carbonyl (C=O) groups excluding carboxylic acids is 1. The normalized spacial score (nSPS) is 29.7. The predicted octanol–water partition coefficient (Wildman–Crippen LogP) is -0.915. The Morgan fingerprint density at radius 3 is 2.69 bits per heavy atom. The summed E-state index contributed by atoms with van der Waals surface area (Å²) in [4.78, 5) is 11.9. The largest absolute Gasteiger partial charge is 0.379 e. The van der Waals surface area contributed by atoms with Gasteiger partial charge in [0.25, 0.3) is 0 Å². The lowest BCUT2D eigenvalue weighted by Crippen LogP contribution is -2.51. The zero-order chi connectivity index (χ0) is 12.2. The summed E-state index contributed by atoms with van der Waals surface area (Å²) in [5.74, 6) is -0.128. The Kier molecular flexibility index (Phi) is 4.67. The SMILES string of the molecule is COC(CNC(=O)C1(C)COCC1N)OC. The summed E-state index contributed by atoms with van der Waals surface area (Å²) >= 11 is 0. The third kappa shape index (κ3) is 2.70. The molecule has 1 aliphatic heterocycles. The number of nitrogens with one attached hydrogen (secondary N) is 1. The van der Waals surface area contributed by atoms with Crippen LogP contribution in [0.3, 0.4) is 0 Å². The molecule has 94 valence electrons. The van der Waals surface area contributed by atoms with Gasteiger partial charge in [-0.05, 0) is 6.92 Å². The molecule has 0 aromatic heterocycles. The average Bonchev–Trinajstić information content (AvgIpc) is 2.62. The van der Waals surface area contributed by atoms with E-state index < -0.39 is 11.7 Å². The Balaban J connectivity index is 2.45. The first-order valence-electron chi connectivity index (χ1n) is 5.21. The van der Waals surface area contributed by atoms with Crippen LogP contribution in [0.2, 0.25) is 0 Å². The molecule has 1 amide bonds. The lowest BCUT2D eigenvalue weighted by Gasteiger charge is -2.26. The van der Waals surface area contributed by atoms with Crippen molar-refractivity contribution in [3.63, 3.8) is 0 Å². The van der Waals surface area contributed by atoms with Crippen molar-refractivity contribution < 1.29 is 19.0 Å². The molecule has 2 atom stereocenters. The number of carbonyl (C=O) groups is 1. The monoisotopic (exact) mass is 232 g/mol. The van der Waals surface area contributed by atoms with Crippen molar-refractivity contribution in [1.82, 2.24) is 5.32 Å². The van der Waals surface area contributed by atoms with E-state index in [9.17, 15) is 4.79 Å². The minimum atomic E-state index is -0.661. The minimum Gasteiger partial charge on any atom is -0.379 e. The lowest BCUT2D eigenvalue weighted by molar-refractivity contribution is -0.136. The van der Waals surface area contributed by atoms with Crippen LogP contribution >= 0.6 is 0 Å². The number of hydrogen-bond donors (Lipinski definition) is 2. The molecule has 0 saturated carbocycles. The Bertz CT molecular complexity index is 245. The summed E-state index contributed by atoms with van der Waals surface area (Å²) in [7, 11) is 3.04. The molecule has 0 spiro atoms. The highest BCUT2D eigenvalue weighted by molar-refractivity contribution is 5.83. The van der Waals surface area contributed by atoms with E-state index in [2.05, 4.69) is 5.32 Å². The van der Waals surface area contributed by atoms with E-state index in [1.54, 1.807) is 6.92 Å². The van der Waals surface area contributed by atoms with Gasteiger partial charge in [0, 0.05) is 20.3 Å². The van der Waals surface area contributed by atoms with Gasteiger partial charge in [-0.25, -0.2) is 0 Å². The maximum atomic E-state index is 11.9. The number of nitrogens with two attached hydrogens (primary N) is 1. The molecule has 16 heavy (non-hydrogen) atoms. The van der Waals surface area contributed by atoms with Crippen LogP contribution < -0.4 is 11.1 Å². The van der Waals surface area contributed by atoms with Crippen LogP contribution in [0.25, 0.3) is 0 Å². The third-order valence-corrected chi connectivity index (χ3v) is 2.99. The van der Waals surface area contributed by atoms with Gasteiger partial charge in [-0.15, -0.1) is 0 Å². The predicted molar refractivity (Wildman–Crippen MR) is 57.7 cm³/mol. The van der Waals surface area contributed by atoms with Gasteiger partial charge in [0.15, 0.2) is 6.29 Å². The third-order valence-electron chi connectivity index (χ3n) is 2.99. The van der Waals surface area contributed by atoms with Crippen LogP contribution in [0.1, 0.15) is 6.92 Å². The van der Waals surface area contributed by atoms with Crippen LogP contribution in [-0.4, -0.2) is 52.2 Å². The first-order valence-corrected chi connectivity index (χ1v) is 5.21. The minimum absolute atomic E-state index is 0.128. The fourth-order valence-corrected chi connectivity index (χ4v) is 1.56. The Hall–Kier alpha value is -0.690. The van der Waals surface area contributed by atoms with Gasteiger partial charge in [0.2, 0.25) is 5.91 Å². The van der Waals surface area contributed by atoms with E-state index in [-0.39, 0.29) is 11.9 Å². The number of hydrogen-bond acceptors (Lipinski definition) is 5. The molecule has 0 aliphatic carbocycles. The molecular formula is C10H20N2O4. The summed E-state index contributed by atoms with van der Waals surface area (Å²) in [6.45, 7) is 2.87. The molecule has 1 aliphatic rings. The van der Waals surface area contributed by atoms with Gasteiger partial charge in [-0.2, -0.15) is 0 Å². The molecule has 2 unspecified atom stereocenters. The van der Waals surface area contributed by atoms with Crippen LogP contribution in [0.5, 0.6) is 0 Å². The van der Waals surface area contributed by atoms with Crippen LogP contribution in [0, 0.1) is 5.41 Å². The summed E-state index contributed by atoms with van der Waals surface area (Å²) in [5, 5.41) is 2.75. The number of rotatable bonds is 5. The second-order valence-electron chi connectivity index (χ2n) is 4.15. The van der Waals surface area contributed by atoms with Crippen molar-refractivity contribution in [1.29, 1.82) is 0 Å². The van der Waals surface area contributed by atoms with Crippen molar-refractivity contribution >= 4 is 5.91 Å². The molecule has 6 heteroatoms. The molecule has 1 rings (SSSR count). The molecule has 0 aromatic carbocycles. The zero-order valence-corrected chi connectivity index (χ0v) is 9.99. The van der Waals surface area contributed by atoms with E-state index in [1.807, 2.05) is 0 Å². The molecule has 0 aromatic rings. The summed E-state index contributed by atoms with van der Waals surface area (Å²) < 4.78 is 15.2. The number of ether oxygens (including phenoxy) is 3. The second-order valence-corrected chi connectivity index (χ2v) is 4.15. The summed E-state index contributed by atoms with van der Waals surface area (Å²) in [5.41, 5.74) is 5.18. The van der Waals surface area contributed by atoms with E-state index in [0.29, 0.717) is 19.8 Å². The molecule has 1 saturated heterocycles. The molecule has 0 radical (unpaired) electrons. The van der Waals surface area contributed by atoms with Gasteiger partial charge in [-0.3, -0.25) is 4.79 Å². The molecular weight excluding hydrogens is 212 g/mol. The summed E-state index contributed by atoms with van der Waals surface area (Å²) in [6, 6.07) is -0.268. The fraction of sp³-hybridized carbons (Fsp3) is 0.900. The average molecular weight is 232 g/mol. The van der Waals surface area contributed by atoms with Gasteiger partial charge in [-0.1, -0.05) is 0 Å². The van der Waals surface area contributed by atoms with Crippen molar-refractivity contribution in [3.8, 4) is 0 Å². The molecule has 3 N–H and O–H groups in total. The fourth-order valence-electron chi connectivity index (χ4n) is 1.56. The van der Waals surface area contributed by atoms with Gasteiger partial charge >= 0.3 is 0 Å². The lowest BCUT2D eigenvalue weighted by atomic mass is 9.85. The molecule has 6 nitrogen and oxygen atoms in total. The van der Waals surface area contributed by atoms with Crippen molar-refractivity contribution in [2.24, 2.45) is 11.1 Å². The Morgan fingerprint density at radius 2 is 2.25 bits per heavy atom. The van der Waals surface area contributed by atoms with Crippen LogP contribution in [0.15, 0.2) is 0 Å². The van der Waals surface area contributed by atoms with Crippen LogP contribution in [-0.2, 0) is 19.0 Å². The van der Waals surface area contributed by atoms with Gasteiger partial charge in [0.05, 0.1) is 25.2 Å². The van der Waals surface area contributed by atoms with E-state index in [1.165, 1.54) is 14.2 Å². The zero-order valence-electron chi connectivity index (χ0n) is 9.99. The van der Waals surface area contributed by atoms with Gasteiger partial charge in [0.1, 0.15) is 0 Å². The van der Waals surface area contributed by atoms with E-state index in [0.717, 1.165) is 0 Å². The summed E-state index contributed by atoms with van der Waals surface area (Å²) in [6.07, 6.45) is -0.439. The smallest absolute Gasteiger partial charge is 0.230 e. The molecule has 1 heterocycles. The Labute approximate surface area is 95.4 Å². The Morgan fingerprint density at radius 1 is 1.62 bits per heavy atom. The van der Waals surface area contributed by atoms with Crippen molar-refractivity contribution in [3.05, 3.63) is 0 Å². The number of amides is 1. The highest BCUT2D eigenvalue weighted by atomic mass is 16.7. The first kappa shape index (κ1) is 13.4. The maximum Gasteiger partial charge on any atom is 0.230 e. The first-order chi connectivity index (χ1) is 7.54. The maximum absolute atomic E-state index is 11.9. The van der Waals surface area contributed by atoms with Crippen molar-refractivity contribution in [2.75, 3.05) is 34.0 Å². The van der Waals surface area contributed by atoms with E-state index in [4.69, 9.17) is 19.9 Å². The van der Waals surface area contributed by atoms with Gasteiger partial charge < -0.3 is 25.3 Å². The molecule has 1 fully saturated rings. The quantitative estimate of drug-likeness (QED) is 0.599.